The maximum Gasteiger partial charge on any atom is 0.253 e. The average molecular weight is 700 g/mol. The molecule has 0 aromatic heterocycles. The summed E-state index contributed by atoms with van der Waals surface area (Å²) in [5.74, 6) is -2.01. The smallest absolute Gasteiger partial charge is 0.253 e. The summed E-state index contributed by atoms with van der Waals surface area (Å²) in [5.41, 5.74) is 0.953. The molecule has 52 heavy (non-hydrogen) atoms. The van der Waals surface area contributed by atoms with E-state index in [1.54, 1.807) is 26.9 Å². The summed E-state index contributed by atoms with van der Waals surface area (Å²) >= 11 is 0. The van der Waals surface area contributed by atoms with Crippen LogP contribution in [0, 0.1) is 11.8 Å². The van der Waals surface area contributed by atoms with E-state index in [0.29, 0.717) is 43.0 Å². The zero-order valence-electron chi connectivity index (χ0n) is 29.5. The maximum absolute atomic E-state index is 15.2. The minimum Gasteiger partial charge on any atom is -0.494 e. The molecule has 3 aliphatic heterocycles. The second kappa shape index (κ2) is 14.8. The van der Waals surface area contributed by atoms with Crippen LogP contribution in [-0.4, -0.2) is 77.8 Å². The van der Waals surface area contributed by atoms with Crippen molar-refractivity contribution in [1.29, 1.82) is 0 Å². The van der Waals surface area contributed by atoms with Gasteiger partial charge in [-0.2, -0.15) is 0 Å². The molecule has 268 valence electrons. The van der Waals surface area contributed by atoms with Crippen LogP contribution in [0.3, 0.4) is 0 Å². The van der Waals surface area contributed by atoms with E-state index in [1.165, 1.54) is 0 Å². The number of hydrogen-bond donors (Lipinski definition) is 1. The van der Waals surface area contributed by atoms with Crippen molar-refractivity contribution in [3.63, 3.8) is 0 Å². The molecule has 3 aliphatic rings. The highest BCUT2D eigenvalue weighted by molar-refractivity contribution is 6.07. The first kappa shape index (κ1) is 35.2. The minimum absolute atomic E-state index is 0.190. The number of aliphatic hydroxyl groups is 1. The van der Waals surface area contributed by atoms with Crippen LogP contribution in [0.15, 0.2) is 122 Å². The standard InChI is InChI=1S/C43H45N3O6/c1-4-24-44(32-18-20-35(21-19-32)51-6-3)40(48)37-36-22-23-43(52-36)38(37)41(49)46(34(28-47)26-29-12-8-7-9-13-29)39(43)42(50)45(25-5-2)33-17-16-30-14-10-11-15-31(30)27-33/h4-5,7-21,27,34,36-39,47H,1-2,6,22-26,28H2,3H3/t34-,36+,37-,38+,39?,43?/m1/s1. The summed E-state index contributed by atoms with van der Waals surface area (Å²) in [4.78, 5) is 49.9. The fourth-order valence-electron chi connectivity index (χ4n) is 8.65. The number of likely N-dealkylation sites (tertiary alicyclic amines) is 1. The molecule has 3 heterocycles. The van der Waals surface area contributed by atoms with Crippen LogP contribution >= 0.6 is 0 Å². The Balaban J connectivity index is 1.31. The predicted molar refractivity (Wildman–Crippen MR) is 202 cm³/mol. The molecule has 0 radical (unpaired) electrons. The van der Waals surface area contributed by atoms with Crippen LogP contribution in [-0.2, 0) is 25.5 Å². The Morgan fingerprint density at radius 1 is 0.923 bits per heavy atom. The molecular formula is C43H45N3O6. The Morgan fingerprint density at radius 3 is 2.25 bits per heavy atom. The van der Waals surface area contributed by atoms with Gasteiger partial charge >= 0.3 is 0 Å². The van der Waals surface area contributed by atoms with Crippen molar-refractivity contribution >= 4 is 39.9 Å². The van der Waals surface area contributed by atoms with Gasteiger partial charge in [-0.15, -0.1) is 13.2 Å². The quantitative estimate of drug-likeness (QED) is 0.163. The van der Waals surface area contributed by atoms with Crippen molar-refractivity contribution in [3.8, 4) is 5.75 Å². The third-order valence-electron chi connectivity index (χ3n) is 10.8. The SMILES string of the molecule is C=CCN(C(=O)C1N([C@@H](CO)Cc2ccccc2)C(=O)[C@@H]2[C@H](C(=O)N(CC=C)c3ccc(OCC)cc3)[C@@H]3CCC12O3)c1ccc2ccccc2c1. The topological polar surface area (TPSA) is 99.6 Å². The first-order chi connectivity index (χ1) is 25.3. The molecule has 0 saturated carbocycles. The van der Waals surface area contributed by atoms with E-state index < -0.39 is 35.6 Å². The number of ether oxygens (including phenoxy) is 2. The lowest BCUT2D eigenvalue weighted by Gasteiger charge is -2.39. The molecule has 0 aliphatic carbocycles. The largest absolute Gasteiger partial charge is 0.494 e. The van der Waals surface area contributed by atoms with Gasteiger partial charge in [0, 0.05) is 24.5 Å². The van der Waals surface area contributed by atoms with Gasteiger partial charge in [-0.05, 0) is 78.9 Å². The minimum atomic E-state index is -1.27. The van der Waals surface area contributed by atoms with Gasteiger partial charge in [-0.1, -0.05) is 72.8 Å². The van der Waals surface area contributed by atoms with Gasteiger partial charge in [0.15, 0.2) is 0 Å². The van der Waals surface area contributed by atoms with E-state index >= 15 is 9.59 Å². The van der Waals surface area contributed by atoms with Crippen LogP contribution in [0.2, 0.25) is 0 Å². The third-order valence-corrected chi connectivity index (χ3v) is 10.8. The lowest BCUT2D eigenvalue weighted by Crippen LogP contribution is -2.59. The molecule has 6 atom stereocenters. The fraction of sp³-hybridized carbons (Fsp3) is 0.326. The molecule has 4 aromatic rings. The van der Waals surface area contributed by atoms with E-state index in [0.717, 1.165) is 16.3 Å². The molecular weight excluding hydrogens is 654 g/mol. The average Bonchev–Trinajstić information content (AvgIpc) is 3.82. The van der Waals surface area contributed by atoms with Crippen molar-refractivity contribution in [1.82, 2.24) is 4.90 Å². The van der Waals surface area contributed by atoms with Gasteiger partial charge in [0.2, 0.25) is 11.8 Å². The van der Waals surface area contributed by atoms with Gasteiger partial charge in [-0.25, -0.2) is 0 Å². The third kappa shape index (κ3) is 6.07. The van der Waals surface area contributed by atoms with E-state index in [-0.39, 0.29) is 37.4 Å². The molecule has 3 saturated heterocycles. The zero-order valence-corrected chi connectivity index (χ0v) is 29.5. The Hall–Kier alpha value is -5.25. The molecule has 9 heteroatoms. The van der Waals surface area contributed by atoms with E-state index in [9.17, 15) is 9.90 Å². The monoisotopic (exact) mass is 699 g/mol. The Kier molecular flexibility index (Phi) is 9.99. The van der Waals surface area contributed by atoms with Gasteiger partial charge in [0.25, 0.3) is 5.91 Å². The highest BCUT2D eigenvalue weighted by Crippen LogP contribution is 2.59. The van der Waals surface area contributed by atoms with Crippen molar-refractivity contribution in [2.45, 2.75) is 50.0 Å². The molecule has 1 spiro atoms. The lowest BCUT2D eigenvalue weighted by molar-refractivity contribution is -0.144. The predicted octanol–water partition coefficient (Wildman–Crippen LogP) is 5.95. The molecule has 2 bridgehead atoms. The summed E-state index contributed by atoms with van der Waals surface area (Å²) in [6.45, 7) is 10.3. The van der Waals surface area contributed by atoms with Crippen molar-refractivity contribution in [2.24, 2.45) is 11.8 Å². The number of amides is 3. The number of nitrogens with zero attached hydrogens (tertiary/aromatic N) is 3. The molecule has 9 nitrogen and oxygen atoms in total. The van der Waals surface area contributed by atoms with Crippen LogP contribution in [0.1, 0.15) is 25.3 Å². The van der Waals surface area contributed by atoms with Crippen LogP contribution < -0.4 is 14.5 Å². The van der Waals surface area contributed by atoms with Crippen molar-refractivity contribution in [2.75, 3.05) is 36.1 Å². The second-order valence-electron chi connectivity index (χ2n) is 13.8. The molecule has 1 N–H and O–H groups in total. The molecule has 3 amide bonds. The molecule has 4 aromatic carbocycles. The zero-order chi connectivity index (χ0) is 36.4. The van der Waals surface area contributed by atoms with Gasteiger partial charge in [0.1, 0.15) is 17.4 Å². The summed E-state index contributed by atoms with van der Waals surface area (Å²) < 4.78 is 12.5. The van der Waals surface area contributed by atoms with Crippen molar-refractivity contribution in [3.05, 3.63) is 128 Å². The normalized spacial score (nSPS) is 23.7. The van der Waals surface area contributed by atoms with Gasteiger partial charge < -0.3 is 29.3 Å². The summed E-state index contributed by atoms with van der Waals surface area (Å²) in [6.07, 6.45) is 4.04. The highest BCUT2D eigenvalue weighted by Gasteiger charge is 2.75. The Labute approximate surface area is 304 Å². The Morgan fingerprint density at radius 2 is 1.58 bits per heavy atom. The summed E-state index contributed by atoms with van der Waals surface area (Å²) in [6, 6.07) is 28.8. The molecule has 7 rings (SSSR count). The van der Waals surface area contributed by atoms with E-state index in [4.69, 9.17) is 9.47 Å². The van der Waals surface area contributed by atoms with Gasteiger partial charge in [-0.3, -0.25) is 14.4 Å². The van der Waals surface area contributed by atoms with Crippen LogP contribution in [0.5, 0.6) is 5.75 Å². The summed E-state index contributed by atoms with van der Waals surface area (Å²) in [7, 11) is 0. The highest BCUT2D eigenvalue weighted by atomic mass is 16.5. The molecule has 2 unspecified atom stereocenters. The number of benzene rings is 4. The number of rotatable bonds is 14. The van der Waals surface area contributed by atoms with Gasteiger partial charge in [0.05, 0.1) is 37.2 Å². The number of carbonyl (C=O) groups is 3. The number of hydrogen-bond acceptors (Lipinski definition) is 6. The van der Waals surface area contributed by atoms with Crippen LogP contribution in [0.25, 0.3) is 10.8 Å². The van der Waals surface area contributed by atoms with E-state index in [1.807, 2.05) is 104 Å². The number of aliphatic hydroxyl groups excluding tert-OH is 1. The van der Waals surface area contributed by atoms with E-state index in [2.05, 4.69) is 13.2 Å². The number of fused-ring (bicyclic) bond motifs is 2. The fourth-order valence-corrected chi connectivity index (χ4v) is 8.65. The maximum atomic E-state index is 15.2. The molecule has 3 fully saturated rings. The second-order valence-corrected chi connectivity index (χ2v) is 13.8. The summed E-state index contributed by atoms with van der Waals surface area (Å²) in [5, 5.41) is 12.9. The van der Waals surface area contributed by atoms with Crippen molar-refractivity contribution < 1.29 is 29.0 Å². The number of anilines is 2. The Bertz CT molecular complexity index is 1960. The first-order valence-corrected chi connectivity index (χ1v) is 18.1. The van der Waals surface area contributed by atoms with Crippen LogP contribution in [0.4, 0.5) is 11.4 Å². The first-order valence-electron chi connectivity index (χ1n) is 18.1. The number of carbonyl (C=O) groups excluding carboxylic acids is 3. The lowest BCUT2D eigenvalue weighted by atomic mass is 9.70.